The van der Waals surface area contributed by atoms with Crippen molar-refractivity contribution in [2.24, 2.45) is 0 Å². The number of hydrogen-bond acceptors (Lipinski definition) is 3. The molecular weight excluding hydrogens is 350 g/mol. The average molecular weight is 383 g/mol. The van der Waals surface area contributed by atoms with Gasteiger partial charge in [-0.05, 0) is 55.7 Å². The molecule has 2 aromatic rings. The summed E-state index contributed by atoms with van der Waals surface area (Å²) in [5.74, 6) is 0.950. The molecule has 28 heavy (non-hydrogen) atoms. The van der Waals surface area contributed by atoms with Crippen LogP contribution in [0.3, 0.4) is 0 Å². The van der Waals surface area contributed by atoms with Crippen LogP contribution in [0.5, 0.6) is 5.75 Å². The molecule has 5 heteroatoms. The molecule has 2 N–H and O–H groups in total. The topological polar surface area (TPSA) is 46.0 Å². The molecule has 0 unspecified atom stereocenters. The van der Waals surface area contributed by atoms with E-state index in [4.69, 9.17) is 4.74 Å². The van der Waals surface area contributed by atoms with E-state index in [9.17, 15) is 4.79 Å². The summed E-state index contributed by atoms with van der Waals surface area (Å²) in [6.45, 7) is 11.9. The van der Waals surface area contributed by atoms with Gasteiger partial charge in [0.05, 0.1) is 32.7 Å². The van der Waals surface area contributed by atoms with Gasteiger partial charge in [-0.25, -0.2) is 0 Å². The Morgan fingerprint density at radius 2 is 1.86 bits per heavy atom. The quantitative estimate of drug-likeness (QED) is 0.714. The molecule has 0 aliphatic carbocycles. The molecule has 1 aliphatic rings. The second-order valence-corrected chi connectivity index (χ2v) is 7.65. The van der Waals surface area contributed by atoms with Crippen LogP contribution >= 0.6 is 0 Å². The van der Waals surface area contributed by atoms with E-state index < -0.39 is 0 Å². The lowest BCUT2D eigenvalue weighted by molar-refractivity contribution is -0.892. The summed E-state index contributed by atoms with van der Waals surface area (Å²) >= 11 is 0. The summed E-state index contributed by atoms with van der Waals surface area (Å²) in [7, 11) is 0. The maximum atomic E-state index is 12.2. The first-order valence-corrected chi connectivity index (χ1v) is 10.1. The minimum atomic E-state index is 0.100. The van der Waals surface area contributed by atoms with Gasteiger partial charge in [0.15, 0.2) is 6.54 Å². The van der Waals surface area contributed by atoms with Crippen LogP contribution in [0.1, 0.15) is 16.7 Å². The van der Waals surface area contributed by atoms with Crippen LogP contribution in [0.25, 0.3) is 0 Å². The third-order valence-corrected chi connectivity index (χ3v) is 5.48. The van der Waals surface area contributed by atoms with Crippen molar-refractivity contribution in [3.8, 4) is 5.75 Å². The minimum absolute atomic E-state index is 0.100. The predicted molar refractivity (Wildman–Crippen MR) is 113 cm³/mol. The molecule has 0 radical (unpaired) electrons. The summed E-state index contributed by atoms with van der Waals surface area (Å²) < 4.78 is 5.68. The predicted octanol–water partition coefficient (Wildman–Crippen LogP) is 1.51. The summed E-state index contributed by atoms with van der Waals surface area (Å²) in [6.07, 6.45) is 0. The standard InChI is InChI=1S/C23H31N3O2/c1-18-6-4-8-21(16-18)28-15-10-24-23(27)17-25-11-13-26(14-12-25)22-9-5-7-19(2)20(22)3/h4-9,16H,10-15,17H2,1-3H3,(H,24,27)/p+1. The van der Waals surface area contributed by atoms with E-state index in [0.717, 1.165) is 31.9 Å². The lowest BCUT2D eigenvalue weighted by Gasteiger charge is -2.34. The van der Waals surface area contributed by atoms with Crippen LogP contribution in [0.15, 0.2) is 42.5 Å². The van der Waals surface area contributed by atoms with Gasteiger partial charge >= 0.3 is 0 Å². The number of piperazine rings is 1. The van der Waals surface area contributed by atoms with Gasteiger partial charge in [0.2, 0.25) is 0 Å². The van der Waals surface area contributed by atoms with E-state index in [1.807, 2.05) is 31.2 Å². The fraction of sp³-hybridized carbons (Fsp3) is 0.435. The second kappa shape index (κ2) is 9.60. The minimum Gasteiger partial charge on any atom is -0.492 e. The molecule has 1 amide bonds. The maximum Gasteiger partial charge on any atom is 0.275 e. The fourth-order valence-electron chi connectivity index (χ4n) is 3.67. The lowest BCUT2D eigenvalue weighted by atomic mass is 10.1. The summed E-state index contributed by atoms with van der Waals surface area (Å²) in [5, 5.41) is 2.98. The van der Waals surface area contributed by atoms with E-state index in [1.165, 1.54) is 27.3 Å². The van der Waals surface area contributed by atoms with Crippen molar-refractivity contribution < 1.29 is 14.4 Å². The molecule has 1 saturated heterocycles. The van der Waals surface area contributed by atoms with Crippen molar-refractivity contribution in [2.75, 3.05) is 50.8 Å². The van der Waals surface area contributed by atoms with Crippen molar-refractivity contribution in [1.82, 2.24) is 5.32 Å². The summed E-state index contributed by atoms with van der Waals surface area (Å²) in [5.41, 5.74) is 5.19. The third-order valence-electron chi connectivity index (χ3n) is 5.48. The zero-order valence-corrected chi connectivity index (χ0v) is 17.3. The molecule has 0 atom stereocenters. The number of amides is 1. The molecule has 1 fully saturated rings. The molecular formula is C23H32N3O2+. The number of rotatable bonds is 7. The van der Waals surface area contributed by atoms with Gasteiger partial charge in [-0.3, -0.25) is 4.79 Å². The number of ether oxygens (including phenoxy) is 1. The molecule has 0 saturated carbocycles. The number of hydrogen-bond donors (Lipinski definition) is 2. The van der Waals surface area contributed by atoms with Gasteiger partial charge in [-0.2, -0.15) is 0 Å². The third kappa shape index (κ3) is 5.49. The van der Waals surface area contributed by atoms with Crippen LogP contribution in [-0.4, -0.2) is 51.8 Å². The highest BCUT2D eigenvalue weighted by Crippen LogP contribution is 2.22. The summed E-state index contributed by atoms with van der Waals surface area (Å²) in [4.78, 5) is 16.0. The number of carbonyl (C=O) groups excluding carboxylic acids is 1. The van der Waals surface area contributed by atoms with E-state index in [-0.39, 0.29) is 5.91 Å². The zero-order chi connectivity index (χ0) is 19.9. The molecule has 150 valence electrons. The number of benzene rings is 2. The maximum absolute atomic E-state index is 12.2. The van der Waals surface area contributed by atoms with Gasteiger partial charge in [0, 0.05) is 5.69 Å². The largest absolute Gasteiger partial charge is 0.492 e. The van der Waals surface area contributed by atoms with Gasteiger partial charge < -0.3 is 19.9 Å². The van der Waals surface area contributed by atoms with Crippen LogP contribution in [-0.2, 0) is 4.79 Å². The first kappa shape index (κ1) is 20.2. The molecule has 0 bridgehead atoms. The average Bonchev–Trinajstić information content (AvgIpc) is 2.68. The Morgan fingerprint density at radius 3 is 2.61 bits per heavy atom. The smallest absolute Gasteiger partial charge is 0.275 e. The van der Waals surface area contributed by atoms with Crippen LogP contribution in [0, 0.1) is 20.8 Å². The first-order chi connectivity index (χ1) is 13.5. The highest BCUT2D eigenvalue weighted by molar-refractivity contribution is 5.76. The van der Waals surface area contributed by atoms with Gasteiger partial charge in [-0.1, -0.05) is 24.3 Å². The SMILES string of the molecule is Cc1cccc(OCCNC(=O)C[NH+]2CCN(c3cccc(C)c3C)CC2)c1. The number of nitrogens with zero attached hydrogens (tertiary/aromatic N) is 1. The number of carbonyl (C=O) groups is 1. The Morgan fingerprint density at radius 1 is 1.11 bits per heavy atom. The molecule has 1 aliphatic heterocycles. The number of aryl methyl sites for hydroxylation is 2. The second-order valence-electron chi connectivity index (χ2n) is 7.65. The van der Waals surface area contributed by atoms with E-state index in [2.05, 4.69) is 42.3 Å². The van der Waals surface area contributed by atoms with Crippen molar-refractivity contribution >= 4 is 11.6 Å². The molecule has 2 aromatic carbocycles. The fourth-order valence-corrected chi connectivity index (χ4v) is 3.67. The van der Waals surface area contributed by atoms with Crippen LogP contribution in [0.4, 0.5) is 5.69 Å². The van der Waals surface area contributed by atoms with E-state index >= 15 is 0 Å². The van der Waals surface area contributed by atoms with Crippen molar-refractivity contribution in [2.45, 2.75) is 20.8 Å². The van der Waals surface area contributed by atoms with Gasteiger partial charge in [-0.15, -0.1) is 0 Å². The van der Waals surface area contributed by atoms with Crippen LogP contribution < -0.4 is 19.9 Å². The highest BCUT2D eigenvalue weighted by Gasteiger charge is 2.23. The van der Waals surface area contributed by atoms with E-state index in [0.29, 0.717) is 19.7 Å². The Bertz CT molecular complexity index is 798. The highest BCUT2D eigenvalue weighted by atomic mass is 16.5. The van der Waals surface area contributed by atoms with E-state index in [1.54, 1.807) is 0 Å². The number of anilines is 1. The Kier molecular flexibility index (Phi) is 6.93. The number of quaternary nitrogens is 1. The summed E-state index contributed by atoms with van der Waals surface area (Å²) in [6, 6.07) is 14.4. The number of nitrogens with one attached hydrogen (secondary N) is 2. The normalized spacial score (nSPS) is 14.8. The van der Waals surface area contributed by atoms with Gasteiger partial charge in [0.25, 0.3) is 5.91 Å². The molecule has 1 heterocycles. The molecule has 0 aromatic heterocycles. The Balaban J connectivity index is 1.36. The molecule has 3 rings (SSSR count). The zero-order valence-electron chi connectivity index (χ0n) is 17.3. The first-order valence-electron chi connectivity index (χ1n) is 10.1. The molecule has 0 spiro atoms. The Labute approximate surface area is 168 Å². The lowest BCUT2D eigenvalue weighted by Crippen LogP contribution is -3.16. The molecule has 5 nitrogen and oxygen atoms in total. The van der Waals surface area contributed by atoms with Crippen molar-refractivity contribution in [1.29, 1.82) is 0 Å². The van der Waals surface area contributed by atoms with Crippen LogP contribution in [0.2, 0.25) is 0 Å². The van der Waals surface area contributed by atoms with Gasteiger partial charge in [0.1, 0.15) is 12.4 Å². The Hall–Kier alpha value is -2.53. The van der Waals surface area contributed by atoms with Crippen molar-refractivity contribution in [3.05, 3.63) is 59.2 Å². The monoisotopic (exact) mass is 382 g/mol. The van der Waals surface area contributed by atoms with Crippen molar-refractivity contribution in [3.63, 3.8) is 0 Å².